The second-order valence-corrected chi connectivity index (χ2v) is 14.6. The van der Waals surface area contributed by atoms with Gasteiger partial charge in [0.15, 0.2) is 0 Å². The van der Waals surface area contributed by atoms with Gasteiger partial charge in [-0.2, -0.15) is 0 Å². The highest BCUT2D eigenvalue weighted by atomic mass is 35.5. The third-order valence-electron chi connectivity index (χ3n) is 11.2. The number of benzene rings is 1. The van der Waals surface area contributed by atoms with Gasteiger partial charge < -0.3 is 35.1 Å². The van der Waals surface area contributed by atoms with Crippen molar-refractivity contribution in [3.63, 3.8) is 0 Å². The van der Waals surface area contributed by atoms with Crippen molar-refractivity contribution in [2.75, 3.05) is 11.4 Å². The SMILES string of the molecule is CCCCCN1C=Nc2cccc3nc4c(c1c23)Cn1c-4cc2c(c1=O)COC(=O)[C@@]2(CC)OC(=O)C[C@H](NC(=O)[C@@H](N)CC1CCCCC1)C(=O)O.Cl. The first-order valence-corrected chi connectivity index (χ1v) is 18.8. The van der Waals surface area contributed by atoms with Crippen LogP contribution in [0.5, 0.6) is 0 Å². The van der Waals surface area contributed by atoms with Crippen molar-refractivity contribution < 1.29 is 33.8 Å². The molecule has 1 amide bonds. The molecule has 2 aromatic heterocycles. The second kappa shape index (κ2) is 15.9. The van der Waals surface area contributed by atoms with E-state index in [0.29, 0.717) is 23.3 Å². The second-order valence-electron chi connectivity index (χ2n) is 14.6. The van der Waals surface area contributed by atoms with Gasteiger partial charge in [-0.3, -0.25) is 14.4 Å². The minimum absolute atomic E-state index is 0. The molecule has 3 aliphatic heterocycles. The first kappa shape index (κ1) is 38.9. The smallest absolute Gasteiger partial charge is 0.355 e. The van der Waals surface area contributed by atoms with Crippen LogP contribution in [0.2, 0.25) is 0 Å². The number of nitrogens with zero attached hydrogens (tertiary/aromatic N) is 4. The fourth-order valence-corrected chi connectivity index (χ4v) is 8.33. The number of hydrogen-bond donors (Lipinski definition) is 3. The van der Waals surface area contributed by atoms with Gasteiger partial charge in [0, 0.05) is 17.7 Å². The number of hydrogen-bond acceptors (Lipinski definition) is 11. The van der Waals surface area contributed by atoms with Crippen LogP contribution in [0.1, 0.15) is 101 Å². The van der Waals surface area contributed by atoms with Crippen molar-refractivity contribution >= 4 is 64.8 Å². The molecule has 1 aromatic carbocycles. The number of aliphatic carboxylic acids is 1. The third kappa shape index (κ3) is 6.97. The molecule has 1 aliphatic carbocycles. The van der Waals surface area contributed by atoms with E-state index in [9.17, 15) is 29.1 Å². The number of pyridine rings is 2. The van der Waals surface area contributed by atoms with E-state index in [-0.39, 0.29) is 49.0 Å². The summed E-state index contributed by atoms with van der Waals surface area (Å²) in [4.78, 5) is 78.4. The summed E-state index contributed by atoms with van der Waals surface area (Å²) in [5.41, 5.74) is 8.37. The summed E-state index contributed by atoms with van der Waals surface area (Å²) >= 11 is 0. The van der Waals surface area contributed by atoms with Crippen LogP contribution in [-0.2, 0) is 47.4 Å². The van der Waals surface area contributed by atoms with E-state index in [4.69, 9.17) is 25.2 Å². The summed E-state index contributed by atoms with van der Waals surface area (Å²) in [5, 5.41) is 13.2. The van der Waals surface area contributed by atoms with Crippen LogP contribution in [0.25, 0.3) is 22.3 Å². The van der Waals surface area contributed by atoms with E-state index >= 15 is 0 Å². The van der Waals surface area contributed by atoms with Gasteiger partial charge in [0.2, 0.25) is 11.5 Å². The van der Waals surface area contributed by atoms with E-state index < -0.39 is 53.5 Å². The molecule has 0 unspecified atom stereocenters. The molecule has 288 valence electrons. The number of rotatable bonds is 13. The Morgan fingerprint density at radius 2 is 1.91 bits per heavy atom. The molecule has 3 atom stereocenters. The monoisotopic (exact) mass is 762 g/mol. The summed E-state index contributed by atoms with van der Waals surface area (Å²) < 4.78 is 13.0. The molecule has 3 aromatic rings. The van der Waals surface area contributed by atoms with Crippen molar-refractivity contribution in [1.29, 1.82) is 0 Å². The van der Waals surface area contributed by atoms with E-state index in [1.54, 1.807) is 17.6 Å². The van der Waals surface area contributed by atoms with Gasteiger partial charge in [-0.25, -0.2) is 19.6 Å². The normalized spacial score (nSPS) is 19.5. The number of halogens is 1. The first-order valence-electron chi connectivity index (χ1n) is 18.8. The zero-order chi connectivity index (χ0) is 37.4. The Hall–Kier alpha value is -4.82. The lowest BCUT2D eigenvalue weighted by atomic mass is 9.85. The van der Waals surface area contributed by atoms with Gasteiger partial charge in [0.25, 0.3) is 5.56 Å². The number of carboxylic acids is 1. The lowest BCUT2D eigenvalue weighted by Crippen LogP contribution is -2.51. The average Bonchev–Trinajstić information content (AvgIpc) is 3.52. The van der Waals surface area contributed by atoms with Gasteiger partial charge in [-0.15, -0.1) is 12.4 Å². The number of esters is 2. The molecule has 14 nitrogen and oxygen atoms in total. The van der Waals surface area contributed by atoms with E-state index in [1.165, 1.54) is 0 Å². The summed E-state index contributed by atoms with van der Waals surface area (Å²) in [7, 11) is 0. The van der Waals surface area contributed by atoms with Gasteiger partial charge >= 0.3 is 17.9 Å². The summed E-state index contributed by atoms with van der Waals surface area (Å²) in [6.07, 6.45) is 9.64. The maximum atomic E-state index is 14.3. The number of aliphatic imine (C=N–C) groups is 1. The number of fused-ring (bicyclic) bond motifs is 5. The lowest BCUT2D eigenvalue weighted by molar-refractivity contribution is -0.190. The molecule has 0 saturated heterocycles. The largest absolute Gasteiger partial charge is 0.480 e. The van der Waals surface area contributed by atoms with Crippen LogP contribution in [0.4, 0.5) is 11.4 Å². The summed E-state index contributed by atoms with van der Waals surface area (Å²) in [6.45, 7) is 4.41. The van der Waals surface area contributed by atoms with Crippen molar-refractivity contribution in [2.24, 2.45) is 16.6 Å². The van der Waals surface area contributed by atoms with Crippen LogP contribution in [0, 0.1) is 5.92 Å². The molecule has 0 spiro atoms. The number of unbranched alkanes of at least 4 members (excludes halogenated alkanes) is 2. The Bertz CT molecular complexity index is 2080. The predicted octanol–water partition coefficient (Wildman–Crippen LogP) is 4.98. The zero-order valence-corrected chi connectivity index (χ0v) is 31.4. The number of nitrogens with one attached hydrogen (secondary N) is 1. The topological polar surface area (TPSA) is 196 Å². The van der Waals surface area contributed by atoms with Crippen LogP contribution in [0.3, 0.4) is 0 Å². The molecule has 15 heteroatoms. The minimum atomic E-state index is -2.04. The van der Waals surface area contributed by atoms with Crippen LogP contribution in [0.15, 0.2) is 34.1 Å². The fraction of sp³-hybridized carbons (Fsp3) is 0.513. The molecule has 5 heterocycles. The molecular weight excluding hydrogens is 716 g/mol. The molecule has 0 bridgehead atoms. The molecule has 1 fully saturated rings. The number of carbonyl (C=O) groups excluding carboxylic acids is 3. The van der Waals surface area contributed by atoms with Crippen LogP contribution >= 0.6 is 12.4 Å². The third-order valence-corrected chi connectivity index (χ3v) is 11.2. The number of ether oxygens (including phenoxy) is 2. The number of anilines is 1. The van der Waals surface area contributed by atoms with Gasteiger partial charge in [-0.05, 0) is 43.4 Å². The highest BCUT2D eigenvalue weighted by Crippen LogP contribution is 2.47. The number of carboxylic acid groups (broad SMARTS) is 1. The molecule has 54 heavy (non-hydrogen) atoms. The van der Waals surface area contributed by atoms with E-state index in [2.05, 4.69) is 17.1 Å². The van der Waals surface area contributed by atoms with E-state index in [1.807, 2.05) is 24.5 Å². The molecular formula is C39H47ClN6O8. The number of aromatic nitrogens is 2. The first-order chi connectivity index (χ1) is 25.6. The van der Waals surface area contributed by atoms with Crippen molar-refractivity contribution in [3.8, 4) is 11.4 Å². The number of cyclic esters (lactones) is 1. The highest BCUT2D eigenvalue weighted by molar-refractivity contribution is 6.11. The van der Waals surface area contributed by atoms with E-state index in [0.717, 1.165) is 80.2 Å². The Morgan fingerprint density at radius 3 is 2.63 bits per heavy atom. The lowest BCUT2D eigenvalue weighted by Gasteiger charge is -2.36. The average molecular weight is 763 g/mol. The Balaban J connectivity index is 0.00000497. The quantitative estimate of drug-likeness (QED) is 0.123. The molecule has 4 aliphatic rings. The summed E-state index contributed by atoms with van der Waals surface area (Å²) in [5.74, 6) is -3.78. The molecule has 4 N–H and O–H groups in total. The Labute approximate surface area is 318 Å². The Kier molecular flexibility index (Phi) is 11.4. The maximum absolute atomic E-state index is 14.3. The number of nitrogens with two attached hydrogens (primary N) is 1. The fourth-order valence-electron chi connectivity index (χ4n) is 8.33. The molecule has 0 radical (unpaired) electrons. The molecule has 1 saturated carbocycles. The van der Waals surface area contributed by atoms with Crippen molar-refractivity contribution in [1.82, 2.24) is 14.9 Å². The molecule has 7 rings (SSSR count). The van der Waals surface area contributed by atoms with Crippen molar-refractivity contribution in [2.45, 2.75) is 115 Å². The highest BCUT2D eigenvalue weighted by Gasteiger charge is 2.51. The van der Waals surface area contributed by atoms with Crippen molar-refractivity contribution in [3.05, 3.63) is 51.3 Å². The van der Waals surface area contributed by atoms with Gasteiger partial charge in [-0.1, -0.05) is 64.9 Å². The minimum Gasteiger partial charge on any atom is -0.480 e. The maximum Gasteiger partial charge on any atom is 0.355 e. The van der Waals surface area contributed by atoms with Crippen LogP contribution < -0.4 is 21.5 Å². The number of carbonyl (C=O) groups is 4. The predicted molar refractivity (Wildman–Crippen MR) is 204 cm³/mol. The van der Waals surface area contributed by atoms with Gasteiger partial charge in [0.1, 0.15) is 12.6 Å². The summed E-state index contributed by atoms with van der Waals surface area (Å²) in [6, 6.07) is 4.82. The number of amides is 1. The Morgan fingerprint density at radius 1 is 1.13 bits per heavy atom. The van der Waals surface area contributed by atoms with Crippen LogP contribution in [-0.4, -0.2) is 63.4 Å². The standard InChI is InChI=1S/C39H46N6O8.ClH/c1-3-5-9-15-44-21-41-27-13-10-14-28-32(27)34(44)23-19-45-30(33(23)42-28)17-25-24(36(45)48)20-52-38(51)39(25,4-2)53-31(46)18-29(37(49)50)43-35(47)26(40)16-22-11-7-6-8-12-22;/h10,13-14,17,21-22,26,29H,3-9,11-12,15-16,18-20,40H2,1-2H3,(H,43,47)(H,49,50);1H/t26-,29-,39-;/m0./s1. The van der Waals surface area contributed by atoms with Gasteiger partial charge in [0.05, 0.1) is 64.6 Å². The zero-order valence-electron chi connectivity index (χ0n) is 30.6.